The Labute approximate surface area is 160 Å². The van der Waals surface area contributed by atoms with E-state index in [1.165, 1.54) is 37.4 Å². The number of methoxy groups -OCH3 is 1. The van der Waals surface area contributed by atoms with E-state index >= 15 is 0 Å². The zero-order valence-electron chi connectivity index (χ0n) is 15.0. The fourth-order valence-electron chi connectivity index (χ4n) is 2.83. The van der Waals surface area contributed by atoms with Crippen molar-refractivity contribution >= 4 is 21.4 Å². The second-order valence-corrected chi connectivity index (χ2v) is 7.79. The van der Waals surface area contributed by atoms with Gasteiger partial charge in [0.25, 0.3) is 10.0 Å². The molecule has 0 atom stereocenters. The van der Waals surface area contributed by atoms with Gasteiger partial charge in [-0.15, -0.1) is 0 Å². The number of halogens is 3. The molecular formula is C18H19F3N2O4S. The van der Waals surface area contributed by atoms with Gasteiger partial charge in [0.2, 0.25) is 0 Å². The first kappa shape index (κ1) is 20.3. The first-order chi connectivity index (χ1) is 13.2. The van der Waals surface area contributed by atoms with Gasteiger partial charge in [-0.25, -0.2) is 8.42 Å². The number of benzene rings is 2. The Bertz CT molecular complexity index is 925. The van der Waals surface area contributed by atoms with Gasteiger partial charge in [-0.05, 0) is 42.5 Å². The molecule has 2 aromatic carbocycles. The van der Waals surface area contributed by atoms with Crippen LogP contribution in [0.1, 0.15) is 5.56 Å². The van der Waals surface area contributed by atoms with Crippen LogP contribution in [0.2, 0.25) is 0 Å². The molecule has 3 rings (SSSR count). The van der Waals surface area contributed by atoms with Gasteiger partial charge in [0.15, 0.2) is 0 Å². The summed E-state index contributed by atoms with van der Waals surface area (Å²) in [5.74, 6) is 0.465. The van der Waals surface area contributed by atoms with Gasteiger partial charge in [-0.2, -0.15) is 13.2 Å². The highest BCUT2D eigenvalue weighted by atomic mass is 32.2. The summed E-state index contributed by atoms with van der Waals surface area (Å²) >= 11 is 0. The van der Waals surface area contributed by atoms with Gasteiger partial charge in [0, 0.05) is 13.1 Å². The third-order valence-electron chi connectivity index (χ3n) is 4.29. The highest BCUT2D eigenvalue weighted by Crippen LogP contribution is 2.36. The van der Waals surface area contributed by atoms with E-state index in [9.17, 15) is 21.6 Å². The molecule has 0 radical (unpaired) electrons. The van der Waals surface area contributed by atoms with Crippen LogP contribution in [0.3, 0.4) is 0 Å². The lowest BCUT2D eigenvalue weighted by molar-refractivity contribution is -0.137. The Morgan fingerprint density at radius 2 is 1.71 bits per heavy atom. The molecule has 0 saturated carbocycles. The Balaban J connectivity index is 1.99. The van der Waals surface area contributed by atoms with Crippen LogP contribution in [-0.2, 0) is 20.9 Å². The number of anilines is 2. The molecule has 1 saturated heterocycles. The second-order valence-electron chi connectivity index (χ2n) is 6.11. The third kappa shape index (κ3) is 4.50. The van der Waals surface area contributed by atoms with Gasteiger partial charge >= 0.3 is 6.18 Å². The van der Waals surface area contributed by atoms with E-state index in [-0.39, 0.29) is 10.6 Å². The number of nitrogens with one attached hydrogen (secondary N) is 1. The Morgan fingerprint density at radius 1 is 1.07 bits per heavy atom. The fraction of sp³-hybridized carbons (Fsp3) is 0.333. The minimum atomic E-state index is -4.59. The molecule has 0 aliphatic carbocycles. The molecule has 0 bridgehead atoms. The minimum absolute atomic E-state index is 0.0846. The monoisotopic (exact) mass is 416 g/mol. The summed E-state index contributed by atoms with van der Waals surface area (Å²) in [6, 6.07) is 8.60. The topological polar surface area (TPSA) is 67.9 Å². The third-order valence-corrected chi connectivity index (χ3v) is 5.67. The first-order valence-corrected chi connectivity index (χ1v) is 9.90. The first-order valence-electron chi connectivity index (χ1n) is 8.41. The number of morpholine rings is 1. The molecule has 0 unspecified atom stereocenters. The predicted molar refractivity (Wildman–Crippen MR) is 98.3 cm³/mol. The van der Waals surface area contributed by atoms with Crippen LogP contribution < -0.4 is 14.4 Å². The van der Waals surface area contributed by atoms with Crippen molar-refractivity contribution in [2.45, 2.75) is 11.1 Å². The number of alkyl halides is 3. The van der Waals surface area contributed by atoms with Crippen LogP contribution in [-0.4, -0.2) is 41.8 Å². The number of hydrogen-bond acceptors (Lipinski definition) is 5. The second kappa shape index (κ2) is 7.88. The molecule has 1 aliphatic rings. The van der Waals surface area contributed by atoms with E-state index in [4.69, 9.17) is 9.47 Å². The van der Waals surface area contributed by atoms with Crippen molar-refractivity contribution in [3.8, 4) is 5.75 Å². The summed E-state index contributed by atoms with van der Waals surface area (Å²) in [6.45, 7) is 1.71. The SMILES string of the molecule is COc1ccc(S(=O)(=O)Nc2cc(C(F)(F)F)ccc2N2CCOCC2)cc1. The molecule has 152 valence electrons. The van der Waals surface area contributed by atoms with Gasteiger partial charge < -0.3 is 14.4 Å². The Kier molecular flexibility index (Phi) is 5.71. The van der Waals surface area contributed by atoms with Gasteiger partial charge in [0.05, 0.1) is 42.2 Å². The summed E-state index contributed by atoms with van der Waals surface area (Å²) in [7, 11) is -2.65. The lowest BCUT2D eigenvalue weighted by atomic mass is 10.1. The zero-order valence-corrected chi connectivity index (χ0v) is 15.8. The molecule has 1 heterocycles. The van der Waals surface area contributed by atoms with Crippen LogP contribution in [0, 0.1) is 0 Å². The fourth-order valence-corrected chi connectivity index (χ4v) is 3.90. The molecule has 0 aromatic heterocycles. The van der Waals surface area contributed by atoms with Gasteiger partial charge in [-0.1, -0.05) is 0 Å². The van der Waals surface area contributed by atoms with E-state index in [0.29, 0.717) is 37.7 Å². The van der Waals surface area contributed by atoms with Crippen LogP contribution >= 0.6 is 0 Å². The van der Waals surface area contributed by atoms with Crippen molar-refractivity contribution in [2.24, 2.45) is 0 Å². The number of hydrogen-bond donors (Lipinski definition) is 1. The van der Waals surface area contributed by atoms with Gasteiger partial charge in [0.1, 0.15) is 5.75 Å². The van der Waals surface area contributed by atoms with E-state index in [1.54, 1.807) is 4.90 Å². The number of sulfonamides is 1. The zero-order chi connectivity index (χ0) is 20.4. The maximum absolute atomic E-state index is 13.2. The van der Waals surface area contributed by atoms with Crippen molar-refractivity contribution in [3.05, 3.63) is 48.0 Å². The van der Waals surface area contributed by atoms with E-state index in [0.717, 1.165) is 12.1 Å². The molecule has 6 nitrogen and oxygen atoms in total. The van der Waals surface area contributed by atoms with Crippen molar-refractivity contribution in [2.75, 3.05) is 43.0 Å². The lowest BCUT2D eigenvalue weighted by Gasteiger charge is -2.31. The lowest BCUT2D eigenvalue weighted by Crippen LogP contribution is -2.36. The van der Waals surface area contributed by atoms with E-state index in [2.05, 4.69) is 4.72 Å². The van der Waals surface area contributed by atoms with Crippen LogP contribution in [0.15, 0.2) is 47.4 Å². The number of ether oxygens (including phenoxy) is 2. The molecule has 1 N–H and O–H groups in total. The summed E-state index contributed by atoms with van der Waals surface area (Å²) in [6.07, 6.45) is -4.59. The van der Waals surface area contributed by atoms with Crippen LogP contribution in [0.5, 0.6) is 5.75 Å². The van der Waals surface area contributed by atoms with E-state index < -0.39 is 21.8 Å². The normalized spacial score (nSPS) is 15.4. The standard InChI is InChI=1S/C18H19F3N2O4S/c1-26-14-3-5-15(6-4-14)28(24,25)22-16-12-13(18(19,20)21)2-7-17(16)23-8-10-27-11-9-23/h2-7,12,22H,8-11H2,1H3. The van der Waals surface area contributed by atoms with Crippen LogP contribution in [0.4, 0.5) is 24.5 Å². The summed E-state index contributed by atoms with van der Waals surface area (Å²) < 4.78 is 77.5. The van der Waals surface area contributed by atoms with Crippen molar-refractivity contribution in [1.29, 1.82) is 0 Å². The number of nitrogens with zero attached hydrogens (tertiary/aromatic N) is 1. The minimum Gasteiger partial charge on any atom is -0.497 e. The molecule has 0 amide bonds. The molecular weight excluding hydrogens is 397 g/mol. The Hall–Kier alpha value is -2.46. The maximum Gasteiger partial charge on any atom is 0.416 e. The maximum atomic E-state index is 13.2. The quantitative estimate of drug-likeness (QED) is 0.810. The summed E-state index contributed by atoms with van der Waals surface area (Å²) in [4.78, 5) is 1.70. The average Bonchev–Trinajstić information content (AvgIpc) is 2.67. The molecule has 28 heavy (non-hydrogen) atoms. The summed E-state index contributed by atoms with van der Waals surface area (Å²) in [5.41, 5.74) is -0.696. The Morgan fingerprint density at radius 3 is 2.29 bits per heavy atom. The number of rotatable bonds is 5. The van der Waals surface area contributed by atoms with Crippen LogP contribution in [0.25, 0.3) is 0 Å². The smallest absolute Gasteiger partial charge is 0.416 e. The van der Waals surface area contributed by atoms with E-state index in [1.807, 2.05) is 0 Å². The van der Waals surface area contributed by atoms with Crippen molar-refractivity contribution in [3.63, 3.8) is 0 Å². The highest BCUT2D eigenvalue weighted by Gasteiger charge is 2.32. The molecule has 1 fully saturated rings. The van der Waals surface area contributed by atoms with Gasteiger partial charge in [-0.3, -0.25) is 4.72 Å². The molecule has 2 aromatic rings. The molecule has 0 spiro atoms. The van der Waals surface area contributed by atoms with Crippen molar-refractivity contribution < 1.29 is 31.1 Å². The predicted octanol–water partition coefficient (Wildman–Crippen LogP) is 3.35. The van der Waals surface area contributed by atoms with Crippen molar-refractivity contribution in [1.82, 2.24) is 0 Å². The summed E-state index contributed by atoms with van der Waals surface area (Å²) in [5, 5.41) is 0. The molecule has 10 heteroatoms. The molecule has 1 aliphatic heterocycles. The largest absolute Gasteiger partial charge is 0.497 e. The highest BCUT2D eigenvalue weighted by molar-refractivity contribution is 7.92. The average molecular weight is 416 g/mol.